The Morgan fingerprint density at radius 1 is 1.31 bits per heavy atom. The molecule has 0 aliphatic heterocycles. The van der Waals surface area contributed by atoms with Gasteiger partial charge in [0.15, 0.2) is 0 Å². The van der Waals surface area contributed by atoms with E-state index in [4.69, 9.17) is 0 Å². The molecule has 1 aromatic carbocycles. The van der Waals surface area contributed by atoms with Crippen molar-refractivity contribution >= 4 is 16.9 Å². The molecule has 2 aromatic heterocycles. The minimum Gasteiger partial charge on any atom is -0.384 e. The summed E-state index contributed by atoms with van der Waals surface area (Å²) in [4.78, 5) is 22.6. The summed E-state index contributed by atoms with van der Waals surface area (Å²) >= 11 is 0. The van der Waals surface area contributed by atoms with Crippen LogP contribution in [0.15, 0.2) is 60.4 Å². The first-order valence-corrected chi connectivity index (χ1v) is 10.1. The Morgan fingerprint density at radius 2 is 2.21 bits per heavy atom. The Labute approximate surface area is 169 Å². The van der Waals surface area contributed by atoms with Crippen molar-refractivity contribution in [3.05, 3.63) is 77.5 Å². The fourth-order valence-corrected chi connectivity index (χ4v) is 3.96. The molecule has 0 radical (unpaired) electrons. The van der Waals surface area contributed by atoms with Crippen LogP contribution in [0.1, 0.15) is 42.2 Å². The van der Waals surface area contributed by atoms with Gasteiger partial charge in [0.25, 0.3) is 5.91 Å². The second-order valence-electron chi connectivity index (χ2n) is 7.36. The molecule has 0 fully saturated rings. The van der Waals surface area contributed by atoms with Crippen molar-refractivity contribution in [2.75, 3.05) is 6.54 Å². The van der Waals surface area contributed by atoms with Crippen LogP contribution in [0.2, 0.25) is 0 Å². The summed E-state index contributed by atoms with van der Waals surface area (Å²) in [5, 5.41) is 3.41. The number of carbonyl (C=O) groups excluding carboxylic acids is 1. The van der Waals surface area contributed by atoms with Gasteiger partial charge >= 0.3 is 0 Å². The molecule has 1 aliphatic rings. The maximum atomic E-state index is 13.4. The molecule has 150 valence electrons. The van der Waals surface area contributed by atoms with E-state index in [0.29, 0.717) is 18.8 Å². The Hall–Kier alpha value is -3.15. The molecule has 3 aromatic rings. The lowest BCUT2D eigenvalue weighted by Crippen LogP contribution is -2.42. The van der Waals surface area contributed by atoms with Crippen molar-refractivity contribution in [1.29, 1.82) is 0 Å². The quantitative estimate of drug-likeness (QED) is 0.654. The third kappa shape index (κ3) is 4.31. The second kappa shape index (κ2) is 8.47. The number of halogens is 1. The van der Waals surface area contributed by atoms with Gasteiger partial charge in [-0.1, -0.05) is 18.2 Å². The van der Waals surface area contributed by atoms with Crippen LogP contribution in [0.3, 0.4) is 0 Å². The molecule has 6 heteroatoms. The van der Waals surface area contributed by atoms with E-state index >= 15 is 0 Å². The zero-order chi connectivity index (χ0) is 20.2. The molecule has 0 spiro atoms. The molecule has 0 bridgehead atoms. The van der Waals surface area contributed by atoms with Crippen LogP contribution < -0.4 is 5.32 Å². The normalized spacial score (nSPS) is 16.5. The summed E-state index contributed by atoms with van der Waals surface area (Å²) in [5.41, 5.74) is 4.25. The number of carbonyl (C=O) groups is 1. The van der Waals surface area contributed by atoms with E-state index in [0.717, 1.165) is 41.6 Å². The van der Waals surface area contributed by atoms with Gasteiger partial charge in [-0.15, -0.1) is 0 Å². The molecule has 4 rings (SSSR count). The van der Waals surface area contributed by atoms with Crippen LogP contribution >= 0.6 is 0 Å². The van der Waals surface area contributed by atoms with Crippen LogP contribution in [-0.4, -0.2) is 33.4 Å². The number of rotatable bonds is 6. The minimum atomic E-state index is -0.227. The molecule has 5 nitrogen and oxygen atoms in total. The number of aromatic nitrogens is 2. The standard InChI is InChI=1S/C23H25FN4O/c1-2-28(23(29)22-14-21-20(27-22)10-5-11-25-21)19-9-4-8-18(13-19)26-15-16-6-3-7-17(24)12-16/h3,5-8,10-12,14,19,26-27H,2,4,9,13,15H2,1H3. The molecule has 1 aliphatic carbocycles. The van der Waals surface area contributed by atoms with Gasteiger partial charge in [0, 0.05) is 37.4 Å². The zero-order valence-electron chi connectivity index (χ0n) is 16.5. The average Bonchev–Trinajstić information content (AvgIpc) is 3.17. The number of H-pyrrole nitrogens is 1. The average molecular weight is 392 g/mol. The fourth-order valence-electron chi connectivity index (χ4n) is 3.96. The van der Waals surface area contributed by atoms with E-state index < -0.39 is 0 Å². The molecule has 0 saturated heterocycles. The van der Waals surface area contributed by atoms with Gasteiger partial charge < -0.3 is 15.2 Å². The van der Waals surface area contributed by atoms with Gasteiger partial charge in [0.2, 0.25) is 0 Å². The van der Waals surface area contributed by atoms with Crippen LogP contribution in [-0.2, 0) is 6.54 Å². The molecule has 2 N–H and O–H groups in total. The molecule has 0 saturated carbocycles. The number of fused-ring (bicyclic) bond motifs is 1. The highest BCUT2D eigenvalue weighted by Crippen LogP contribution is 2.24. The zero-order valence-corrected chi connectivity index (χ0v) is 16.5. The molecule has 1 unspecified atom stereocenters. The summed E-state index contributed by atoms with van der Waals surface area (Å²) in [6.07, 6.45) is 6.52. The molecule has 1 amide bonds. The van der Waals surface area contributed by atoms with Crippen molar-refractivity contribution in [2.24, 2.45) is 0 Å². The summed E-state index contributed by atoms with van der Waals surface area (Å²) < 4.78 is 13.4. The van der Waals surface area contributed by atoms with Crippen LogP contribution in [0.25, 0.3) is 11.0 Å². The number of hydrogen-bond acceptors (Lipinski definition) is 3. The predicted octanol–water partition coefficient (Wildman–Crippen LogP) is 4.39. The number of nitrogens with zero attached hydrogens (tertiary/aromatic N) is 2. The molecular formula is C23H25FN4O. The van der Waals surface area contributed by atoms with E-state index in [9.17, 15) is 9.18 Å². The topological polar surface area (TPSA) is 61.0 Å². The highest BCUT2D eigenvalue weighted by atomic mass is 19.1. The molecular weight excluding hydrogens is 367 g/mol. The van der Waals surface area contributed by atoms with E-state index in [-0.39, 0.29) is 17.8 Å². The monoisotopic (exact) mass is 392 g/mol. The maximum absolute atomic E-state index is 13.4. The number of hydrogen-bond donors (Lipinski definition) is 2. The number of nitrogens with one attached hydrogen (secondary N) is 2. The highest BCUT2D eigenvalue weighted by Gasteiger charge is 2.27. The lowest BCUT2D eigenvalue weighted by Gasteiger charge is -2.34. The summed E-state index contributed by atoms with van der Waals surface area (Å²) in [5.74, 6) is -0.225. The number of amides is 1. The molecule has 2 heterocycles. The summed E-state index contributed by atoms with van der Waals surface area (Å²) in [6.45, 7) is 3.23. The lowest BCUT2D eigenvalue weighted by atomic mass is 9.96. The molecule has 1 atom stereocenters. The van der Waals surface area contributed by atoms with E-state index in [2.05, 4.69) is 21.4 Å². The van der Waals surface area contributed by atoms with Crippen molar-refractivity contribution < 1.29 is 9.18 Å². The van der Waals surface area contributed by atoms with Gasteiger partial charge in [0.05, 0.1) is 11.0 Å². The summed E-state index contributed by atoms with van der Waals surface area (Å²) in [7, 11) is 0. The third-order valence-corrected chi connectivity index (χ3v) is 5.42. The van der Waals surface area contributed by atoms with E-state index in [1.807, 2.05) is 36.1 Å². The maximum Gasteiger partial charge on any atom is 0.270 e. The van der Waals surface area contributed by atoms with Crippen molar-refractivity contribution in [3.8, 4) is 0 Å². The number of benzene rings is 1. The lowest BCUT2D eigenvalue weighted by molar-refractivity contribution is 0.0669. The Morgan fingerprint density at radius 3 is 3.00 bits per heavy atom. The first-order chi connectivity index (χ1) is 14.1. The minimum absolute atomic E-state index is 0.00174. The van der Waals surface area contributed by atoms with Gasteiger partial charge in [-0.2, -0.15) is 0 Å². The SMILES string of the molecule is CCN(C(=O)c1cc2ncccc2[nH]1)C1CCC=C(NCc2cccc(F)c2)C1. The third-order valence-electron chi connectivity index (χ3n) is 5.42. The van der Waals surface area contributed by atoms with Crippen molar-refractivity contribution in [1.82, 2.24) is 20.2 Å². The van der Waals surface area contributed by atoms with E-state index in [1.165, 1.54) is 6.07 Å². The van der Waals surface area contributed by atoms with Crippen LogP contribution in [0.5, 0.6) is 0 Å². The van der Waals surface area contributed by atoms with Gasteiger partial charge in [-0.25, -0.2) is 4.39 Å². The fraction of sp³-hybridized carbons (Fsp3) is 0.304. The van der Waals surface area contributed by atoms with Gasteiger partial charge in [-0.05, 0) is 55.7 Å². The first kappa shape index (κ1) is 19.2. The summed E-state index contributed by atoms with van der Waals surface area (Å²) in [6, 6.07) is 12.3. The number of pyridine rings is 1. The number of aromatic amines is 1. The second-order valence-corrected chi connectivity index (χ2v) is 7.36. The van der Waals surface area contributed by atoms with Crippen LogP contribution in [0.4, 0.5) is 4.39 Å². The Kier molecular flexibility index (Phi) is 5.60. The van der Waals surface area contributed by atoms with Gasteiger partial charge in [0.1, 0.15) is 11.5 Å². The van der Waals surface area contributed by atoms with Gasteiger partial charge in [-0.3, -0.25) is 9.78 Å². The van der Waals surface area contributed by atoms with E-state index in [1.54, 1.807) is 18.3 Å². The van der Waals surface area contributed by atoms with Crippen LogP contribution in [0, 0.1) is 5.82 Å². The number of allylic oxidation sites excluding steroid dienone is 1. The highest BCUT2D eigenvalue weighted by molar-refractivity contribution is 5.97. The van der Waals surface area contributed by atoms with Crippen molar-refractivity contribution in [3.63, 3.8) is 0 Å². The predicted molar refractivity (Wildman–Crippen MR) is 112 cm³/mol. The first-order valence-electron chi connectivity index (χ1n) is 10.1. The molecule has 29 heavy (non-hydrogen) atoms. The van der Waals surface area contributed by atoms with Crippen molar-refractivity contribution in [2.45, 2.75) is 38.8 Å². The Bertz CT molecular complexity index is 1010. The smallest absolute Gasteiger partial charge is 0.270 e. The Balaban J connectivity index is 1.43. The largest absolute Gasteiger partial charge is 0.384 e.